The minimum atomic E-state index is -1.18. The van der Waals surface area contributed by atoms with Gasteiger partial charge in [0.05, 0.1) is 23.1 Å². The number of benzene rings is 1. The maximum absolute atomic E-state index is 11.8. The maximum Gasteiger partial charge on any atom is 0.334 e. The van der Waals surface area contributed by atoms with Gasteiger partial charge in [-0.15, -0.1) is 0 Å². The number of aliphatic carboxylic acids is 2. The molecule has 122 valence electrons. The Labute approximate surface area is 139 Å². The van der Waals surface area contributed by atoms with E-state index in [-0.39, 0.29) is 11.1 Å². The van der Waals surface area contributed by atoms with Gasteiger partial charge in [0.15, 0.2) is 0 Å². The molecule has 24 heavy (non-hydrogen) atoms. The summed E-state index contributed by atoms with van der Waals surface area (Å²) in [7, 11) is 0. The molecule has 1 aromatic carbocycles. The maximum atomic E-state index is 11.8. The van der Waals surface area contributed by atoms with Gasteiger partial charge in [0.25, 0.3) is 0 Å². The Morgan fingerprint density at radius 3 is 2.17 bits per heavy atom. The first-order valence-electron chi connectivity index (χ1n) is 7.18. The summed E-state index contributed by atoms with van der Waals surface area (Å²) in [6, 6.07) is 8.74. The lowest BCUT2D eigenvalue weighted by Gasteiger charge is -2.29. The van der Waals surface area contributed by atoms with Crippen molar-refractivity contribution in [2.45, 2.75) is 19.8 Å². The van der Waals surface area contributed by atoms with Gasteiger partial charge in [-0.2, -0.15) is 5.26 Å². The SMILES string of the molecule is CC1=C(C(=O)O)C(c2ccccc2C=CC#N)C(C(=O)O)=C(C)N1. The van der Waals surface area contributed by atoms with E-state index in [0.717, 1.165) is 0 Å². The zero-order valence-electron chi connectivity index (χ0n) is 13.2. The van der Waals surface area contributed by atoms with Crippen LogP contribution in [0.3, 0.4) is 0 Å². The summed E-state index contributed by atoms with van der Waals surface area (Å²) in [5, 5.41) is 30.8. The van der Waals surface area contributed by atoms with Crippen molar-refractivity contribution < 1.29 is 19.8 Å². The Morgan fingerprint density at radius 2 is 1.67 bits per heavy atom. The third kappa shape index (κ3) is 3.06. The van der Waals surface area contributed by atoms with Crippen LogP contribution in [-0.2, 0) is 9.59 Å². The molecule has 6 heteroatoms. The second kappa shape index (κ2) is 6.84. The topological polar surface area (TPSA) is 110 Å². The number of nitrogens with zero attached hydrogens (tertiary/aromatic N) is 1. The molecule has 0 aliphatic carbocycles. The second-order valence-electron chi connectivity index (χ2n) is 5.34. The number of hydrogen-bond donors (Lipinski definition) is 3. The Morgan fingerprint density at radius 1 is 1.12 bits per heavy atom. The number of carboxylic acid groups (broad SMARTS) is 2. The standard InChI is InChI=1S/C18H16N2O4/c1-10-14(17(21)22)16(15(18(23)24)11(2)20-10)13-8-4-3-6-12(13)7-5-9-19/h3-8,16,20H,1-2H3,(H,21,22)(H,23,24). The molecule has 2 rings (SSSR count). The first-order chi connectivity index (χ1) is 11.4. The molecule has 3 N–H and O–H groups in total. The van der Waals surface area contributed by atoms with Crippen LogP contribution >= 0.6 is 0 Å². The average Bonchev–Trinajstić information content (AvgIpc) is 2.51. The number of hydrogen-bond acceptors (Lipinski definition) is 4. The van der Waals surface area contributed by atoms with Crippen LogP contribution in [0.5, 0.6) is 0 Å². The van der Waals surface area contributed by atoms with E-state index in [0.29, 0.717) is 22.5 Å². The molecule has 1 aliphatic heterocycles. The molecule has 0 atom stereocenters. The first kappa shape index (κ1) is 17.0. The molecule has 0 unspecified atom stereocenters. The van der Waals surface area contributed by atoms with Crippen LogP contribution in [0.1, 0.15) is 30.9 Å². The van der Waals surface area contributed by atoms with Crippen molar-refractivity contribution in [3.63, 3.8) is 0 Å². The van der Waals surface area contributed by atoms with Gasteiger partial charge in [-0.25, -0.2) is 9.59 Å². The van der Waals surface area contributed by atoms with E-state index in [9.17, 15) is 19.8 Å². The number of allylic oxidation sites excluding steroid dienone is 3. The Bertz CT molecular complexity index is 805. The van der Waals surface area contributed by atoms with E-state index >= 15 is 0 Å². The number of rotatable bonds is 4. The summed E-state index contributed by atoms with van der Waals surface area (Å²) in [4.78, 5) is 23.5. The molecule has 0 bridgehead atoms. The molecule has 1 aromatic rings. The highest BCUT2D eigenvalue weighted by Crippen LogP contribution is 2.39. The molecule has 1 heterocycles. The van der Waals surface area contributed by atoms with E-state index < -0.39 is 17.9 Å². The monoisotopic (exact) mass is 324 g/mol. The van der Waals surface area contributed by atoms with Gasteiger partial charge >= 0.3 is 11.9 Å². The molecule has 0 radical (unpaired) electrons. The summed E-state index contributed by atoms with van der Waals surface area (Å²) < 4.78 is 0. The van der Waals surface area contributed by atoms with Crippen LogP contribution in [0.15, 0.2) is 52.9 Å². The van der Waals surface area contributed by atoms with Crippen LogP contribution in [0, 0.1) is 11.3 Å². The van der Waals surface area contributed by atoms with E-state index in [1.807, 2.05) is 6.07 Å². The summed E-state index contributed by atoms with van der Waals surface area (Å²) in [5.41, 5.74) is 1.89. The smallest absolute Gasteiger partial charge is 0.334 e. The predicted molar refractivity (Wildman–Crippen MR) is 87.6 cm³/mol. The molecule has 0 amide bonds. The molecule has 0 saturated heterocycles. The average molecular weight is 324 g/mol. The van der Waals surface area contributed by atoms with Gasteiger partial charge < -0.3 is 15.5 Å². The first-order valence-corrected chi connectivity index (χ1v) is 7.18. The number of nitriles is 1. The van der Waals surface area contributed by atoms with Crippen molar-refractivity contribution in [1.82, 2.24) is 5.32 Å². The second-order valence-corrected chi connectivity index (χ2v) is 5.34. The van der Waals surface area contributed by atoms with Gasteiger partial charge in [-0.1, -0.05) is 24.3 Å². The van der Waals surface area contributed by atoms with E-state index in [2.05, 4.69) is 5.32 Å². The number of dihydropyridines is 1. The fourth-order valence-corrected chi connectivity index (χ4v) is 2.92. The highest BCUT2D eigenvalue weighted by molar-refractivity contribution is 5.98. The third-order valence-electron chi connectivity index (χ3n) is 3.87. The minimum absolute atomic E-state index is 0.0178. The molecule has 0 spiro atoms. The van der Waals surface area contributed by atoms with Gasteiger partial charge in [0.1, 0.15) is 0 Å². The molecule has 0 aromatic heterocycles. The summed E-state index contributed by atoms with van der Waals surface area (Å²) in [6.07, 6.45) is 2.81. The van der Waals surface area contributed by atoms with Crippen LogP contribution < -0.4 is 5.32 Å². The normalized spacial score (nSPS) is 15.4. The molecular weight excluding hydrogens is 308 g/mol. The summed E-state index contributed by atoms with van der Waals surface area (Å²) >= 11 is 0. The van der Waals surface area contributed by atoms with Crippen LogP contribution in [0.2, 0.25) is 0 Å². The summed E-state index contributed by atoms with van der Waals surface area (Å²) in [5.74, 6) is -3.30. The van der Waals surface area contributed by atoms with Crippen LogP contribution in [0.4, 0.5) is 0 Å². The molecule has 0 saturated carbocycles. The van der Waals surface area contributed by atoms with E-state index in [4.69, 9.17) is 5.26 Å². The summed E-state index contributed by atoms with van der Waals surface area (Å²) in [6.45, 7) is 3.21. The van der Waals surface area contributed by atoms with Crippen molar-refractivity contribution in [3.8, 4) is 6.07 Å². The van der Waals surface area contributed by atoms with Crippen molar-refractivity contribution in [1.29, 1.82) is 5.26 Å². The Hall–Kier alpha value is -3.33. The van der Waals surface area contributed by atoms with Crippen molar-refractivity contribution in [2.75, 3.05) is 0 Å². The van der Waals surface area contributed by atoms with Gasteiger partial charge in [-0.05, 0) is 31.1 Å². The van der Waals surface area contributed by atoms with E-state index in [1.54, 1.807) is 44.2 Å². The number of carboxylic acids is 2. The van der Waals surface area contributed by atoms with Crippen LogP contribution in [0.25, 0.3) is 6.08 Å². The van der Waals surface area contributed by atoms with Crippen LogP contribution in [-0.4, -0.2) is 22.2 Å². The molecule has 1 aliphatic rings. The Kier molecular flexibility index (Phi) is 4.85. The zero-order chi connectivity index (χ0) is 17.9. The quantitative estimate of drug-likeness (QED) is 0.734. The van der Waals surface area contributed by atoms with Crippen molar-refractivity contribution in [2.24, 2.45) is 0 Å². The molecular formula is C18H16N2O4. The lowest BCUT2D eigenvalue weighted by Crippen LogP contribution is -2.31. The number of nitrogens with one attached hydrogen (secondary N) is 1. The highest BCUT2D eigenvalue weighted by Gasteiger charge is 2.37. The van der Waals surface area contributed by atoms with Gasteiger partial charge in [-0.3, -0.25) is 0 Å². The van der Waals surface area contributed by atoms with Crippen molar-refractivity contribution in [3.05, 3.63) is 64.0 Å². The fourth-order valence-electron chi connectivity index (χ4n) is 2.92. The third-order valence-corrected chi connectivity index (χ3v) is 3.87. The predicted octanol–water partition coefficient (Wildman–Crippen LogP) is 2.63. The highest BCUT2D eigenvalue weighted by atomic mass is 16.4. The lowest BCUT2D eigenvalue weighted by molar-refractivity contribution is -0.133. The number of carbonyl (C=O) groups is 2. The minimum Gasteiger partial charge on any atom is -0.478 e. The largest absolute Gasteiger partial charge is 0.478 e. The van der Waals surface area contributed by atoms with Gasteiger partial charge in [0.2, 0.25) is 0 Å². The lowest BCUT2D eigenvalue weighted by atomic mass is 9.78. The van der Waals surface area contributed by atoms with Gasteiger partial charge in [0, 0.05) is 17.5 Å². The molecule has 6 nitrogen and oxygen atoms in total. The van der Waals surface area contributed by atoms with E-state index in [1.165, 1.54) is 6.08 Å². The molecule has 0 fully saturated rings. The Balaban J connectivity index is 2.77. The zero-order valence-corrected chi connectivity index (χ0v) is 13.2. The fraction of sp³-hybridized carbons (Fsp3) is 0.167. The van der Waals surface area contributed by atoms with Crippen molar-refractivity contribution >= 4 is 18.0 Å².